The van der Waals surface area contributed by atoms with E-state index in [0.717, 1.165) is 13.1 Å². The van der Waals surface area contributed by atoms with Crippen LogP contribution >= 0.6 is 27.7 Å². The summed E-state index contributed by atoms with van der Waals surface area (Å²) in [6, 6.07) is 7.28. The van der Waals surface area contributed by atoms with Gasteiger partial charge in [0.1, 0.15) is 0 Å². The number of halogens is 1. The average molecular weight is 359 g/mol. The minimum Gasteiger partial charge on any atom is -0.370 e. The molecule has 2 nitrogen and oxygen atoms in total. The topological polar surface area (TPSA) is 15.3 Å². The lowest BCUT2D eigenvalue weighted by molar-refractivity contribution is 0.668. The first-order valence-electron chi connectivity index (χ1n) is 7.34. The van der Waals surface area contributed by atoms with Crippen LogP contribution in [0.4, 0.5) is 5.69 Å². The molecule has 0 aliphatic rings. The third-order valence-electron chi connectivity index (χ3n) is 3.53. The molecular formula is C16H27BrN2S. The zero-order valence-corrected chi connectivity index (χ0v) is 15.5. The van der Waals surface area contributed by atoms with Gasteiger partial charge in [-0.2, -0.15) is 11.8 Å². The van der Waals surface area contributed by atoms with Gasteiger partial charge in [-0.25, -0.2) is 0 Å². The summed E-state index contributed by atoms with van der Waals surface area (Å²) < 4.78 is 1.19. The number of rotatable bonds is 9. The minimum atomic E-state index is 0.588. The van der Waals surface area contributed by atoms with Gasteiger partial charge in [0.05, 0.1) is 5.69 Å². The van der Waals surface area contributed by atoms with Gasteiger partial charge >= 0.3 is 0 Å². The van der Waals surface area contributed by atoms with E-state index >= 15 is 0 Å². The largest absolute Gasteiger partial charge is 0.370 e. The fourth-order valence-electron chi connectivity index (χ4n) is 2.25. The van der Waals surface area contributed by atoms with Crippen molar-refractivity contribution in [3.8, 4) is 0 Å². The normalized spacial score (nSPS) is 12.4. The summed E-state index contributed by atoms with van der Waals surface area (Å²) in [5, 5.41) is 3.44. The van der Waals surface area contributed by atoms with Gasteiger partial charge in [-0.05, 0) is 59.3 Å². The Hall–Kier alpha value is -0.190. The number of hydrogen-bond donors (Lipinski definition) is 1. The van der Waals surface area contributed by atoms with E-state index in [-0.39, 0.29) is 0 Å². The lowest BCUT2D eigenvalue weighted by Gasteiger charge is -2.30. The summed E-state index contributed by atoms with van der Waals surface area (Å²) in [4.78, 5) is 2.39. The maximum absolute atomic E-state index is 3.73. The SMILES string of the molecule is CCCNCc1ccc(N(C)C(CC)CSC)c(Br)c1. The first kappa shape index (κ1) is 17.9. The number of thioether (sulfide) groups is 1. The molecular weight excluding hydrogens is 332 g/mol. The second kappa shape index (κ2) is 9.69. The highest BCUT2D eigenvalue weighted by Crippen LogP contribution is 2.29. The van der Waals surface area contributed by atoms with Gasteiger partial charge in [0, 0.05) is 29.9 Å². The second-order valence-corrected chi connectivity index (χ2v) is 6.86. The molecule has 1 aromatic carbocycles. The molecule has 0 saturated carbocycles. The Balaban J connectivity index is 2.75. The molecule has 0 heterocycles. The highest BCUT2D eigenvalue weighted by atomic mass is 79.9. The molecule has 0 spiro atoms. The van der Waals surface area contributed by atoms with Gasteiger partial charge in [-0.3, -0.25) is 0 Å². The third-order valence-corrected chi connectivity index (χ3v) is 4.88. The van der Waals surface area contributed by atoms with Crippen molar-refractivity contribution < 1.29 is 0 Å². The Morgan fingerprint density at radius 3 is 2.65 bits per heavy atom. The van der Waals surface area contributed by atoms with Crippen LogP contribution in [-0.2, 0) is 6.54 Å². The number of hydrogen-bond acceptors (Lipinski definition) is 3. The van der Waals surface area contributed by atoms with Gasteiger partial charge < -0.3 is 10.2 Å². The molecule has 114 valence electrons. The van der Waals surface area contributed by atoms with Crippen LogP contribution in [-0.4, -0.2) is 31.6 Å². The summed E-state index contributed by atoms with van der Waals surface area (Å²) in [5.41, 5.74) is 2.62. The number of anilines is 1. The highest BCUT2D eigenvalue weighted by Gasteiger charge is 2.15. The Morgan fingerprint density at radius 1 is 1.35 bits per heavy atom. The van der Waals surface area contributed by atoms with Gasteiger partial charge in [-0.15, -0.1) is 0 Å². The van der Waals surface area contributed by atoms with E-state index in [1.807, 2.05) is 11.8 Å². The van der Waals surface area contributed by atoms with Crippen LogP contribution in [0.2, 0.25) is 0 Å². The molecule has 1 N–H and O–H groups in total. The highest BCUT2D eigenvalue weighted by molar-refractivity contribution is 9.10. The smallest absolute Gasteiger partial charge is 0.0511 e. The van der Waals surface area contributed by atoms with E-state index in [1.165, 1.54) is 34.3 Å². The Bertz CT molecular complexity index is 398. The van der Waals surface area contributed by atoms with Crippen molar-refractivity contribution in [2.75, 3.05) is 30.5 Å². The minimum absolute atomic E-state index is 0.588. The molecule has 1 rings (SSSR count). The number of nitrogens with one attached hydrogen (secondary N) is 1. The quantitative estimate of drug-likeness (QED) is 0.653. The fraction of sp³-hybridized carbons (Fsp3) is 0.625. The molecule has 0 amide bonds. The van der Waals surface area contributed by atoms with Crippen molar-refractivity contribution in [1.82, 2.24) is 5.32 Å². The first-order valence-corrected chi connectivity index (χ1v) is 9.53. The predicted molar refractivity (Wildman–Crippen MR) is 97.0 cm³/mol. The molecule has 0 aliphatic heterocycles. The number of nitrogens with zero attached hydrogens (tertiary/aromatic N) is 1. The van der Waals surface area contributed by atoms with Crippen molar-refractivity contribution in [3.05, 3.63) is 28.2 Å². The van der Waals surface area contributed by atoms with Gasteiger partial charge in [0.25, 0.3) is 0 Å². The van der Waals surface area contributed by atoms with Crippen LogP contribution in [0.25, 0.3) is 0 Å². The maximum atomic E-state index is 3.73. The summed E-state index contributed by atoms with van der Waals surface area (Å²) in [7, 11) is 2.19. The summed E-state index contributed by atoms with van der Waals surface area (Å²) in [6.07, 6.45) is 4.52. The maximum Gasteiger partial charge on any atom is 0.0511 e. The third kappa shape index (κ3) is 5.30. The molecule has 0 aromatic heterocycles. The molecule has 4 heteroatoms. The van der Waals surface area contributed by atoms with E-state index < -0.39 is 0 Å². The van der Waals surface area contributed by atoms with Crippen LogP contribution in [0.15, 0.2) is 22.7 Å². The predicted octanol–water partition coefficient (Wildman–Crippen LogP) is 4.53. The molecule has 20 heavy (non-hydrogen) atoms. The molecule has 1 atom stereocenters. The van der Waals surface area contributed by atoms with E-state index in [0.29, 0.717) is 6.04 Å². The van der Waals surface area contributed by atoms with Crippen LogP contribution in [0.3, 0.4) is 0 Å². The molecule has 1 unspecified atom stereocenters. The van der Waals surface area contributed by atoms with Crippen molar-refractivity contribution in [3.63, 3.8) is 0 Å². The van der Waals surface area contributed by atoms with Crippen molar-refractivity contribution in [2.24, 2.45) is 0 Å². The Morgan fingerprint density at radius 2 is 2.10 bits per heavy atom. The molecule has 1 aromatic rings. The first-order chi connectivity index (χ1) is 9.63. The Labute approximate surface area is 136 Å². The van der Waals surface area contributed by atoms with Crippen LogP contribution < -0.4 is 10.2 Å². The van der Waals surface area contributed by atoms with E-state index in [1.54, 1.807) is 0 Å². The lowest BCUT2D eigenvalue weighted by Crippen LogP contribution is -2.33. The van der Waals surface area contributed by atoms with E-state index in [4.69, 9.17) is 0 Å². The number of benzene rings is 1. The van der Waals surface area contributed by atoms with E-state index in [9.17, 15) is 0 Å². The second-order valence-electron chi connectivity index (χ2n) is 5.09. The fourth-order valence-corrected chi connectivity index (χ4v) is 3.80. The summed E-state index contributed by atoms with van der Waals surface area (Å²) in [6.45, 7) is 6.47. The molecule has 0 bridgehead atoms. The average Bonchev–Trinajstić information content (AvgIpc) is 2.44. The van der Waals surface area contributed by atoms with Crippen molar-refractivity contribution in [2.45, 2.75) is 39.3 Å². The van der Waals surface area contributed by atoms with E-state index in [2.05, 4.69) is 71.5 Å². The summed E-state index contributed by atoms with van der Waals surface area (Å²) in [5.74, 6) is 1.17. The molecule has 0 fully saturated rings. The zero-order valence-electron chi connectivity index (χ0n) is 13.1. The molecule has 0 radical (unpaired) electrons. The van der Waals surface area contributed by atoms with Crippen LogP contribution in [0.5, 0.6) is 0 Å². The summed E-state index contributed by atoms with van der Waals surface area (Å²) >= 11 is 5.64. The van der Waals surface area contributed by atoms with Crippen LogP contribution in [0.1, 0.15) is 32.3 Å². The molecule has 0 saturated heterocycles. The van der Waals surface area contributed by atoms with Crippen LogP contribution in [0, 0.1) is 0 Å². The zero-order chi connectivity index (χ0) is 15.0. The Kier molecular flexibility index (Phi) is 8.66. The van der Waals surface area contributed by atoms with Gasteiger partial charge in [0.15, 0.2) is 0 Å². The molecule has 0 aliphatic carbocycles. The van der Waals surface area contributed by atoms with Crippen molar-refractivity contribution >= 4 is 33.4 Å². The monoisotopic (exact) mass is 358 g/mol. The van der Waals surface area contributed by atoms with Gasteiger partial charge in [0.2, 0.25) is 0 Å². The van der Waals surface area contributed by atoms with Crippen molar-refractivity contribution in [1.29, 1.82) is 0 Å². The standard InChI is InChI=1S/C16H27BrN2S/c1-5-9-18-11-13-7-8-16(15(17)10-13)19(3)14(6-2)12-20-4/h7-8,10,14,18H,5-6,9,11-12H2,1-4H3. The van der Waals surface area contributed by atoms with Gasteiger partial charge in [-0.1, -0.05) is 19.9 Å². The lowest BCUT2D eigenvalue weighted by atomic mass is 10.1.